The van der Waals surface area contributed by atoms with Crippen molar-refractivity contribution in [1.29, 1.82) is 0 Å². The summed E-state index contributed by atoms with van der Waals surface area (Å²) in [6.07, 6.45) is 2.14. The van der Waals surface area contributed by atoms with Gasteiger partial charge in [-0.3, -0.25) is 0 Å². The largest absolute Gasteiger partial charge is 0.491 e. The van der Waals surface area contributed by atoms with Crippen LogP contribution in [0.4, 0.5) is 4.79 Å². The molecule has 0 aliphatic rings. The van der Waals surface area contributed by atoms with Gasteiger partial charge in [-0.15, -0.1) is 0 Å². The van der Waals surface area contributed by atoms with E-state index in [9.17, 15) is 4.79 Å². The van der Waals surface area contributed by atoms with Gasteiger partial charge in [0.1, 0.15) is 17.0 Å². The minimum atomic E-state index is -0.464. The number of nitrogens with two attached hydrogens (primary N) is 1. The lowest BCUT2D eigenvalue weighted by atomic mass is 10.1. The molecule has 0 aliphatic carbocycles. The lowest BCUT2D eigenvalue weighted by Crippen LogP contribution is -2.33. The third kappa shape index (κ3) is 12.2. The molecule has 5 nitrogen and oxygen atoms in total. The lowest BCUT2D eigenvalue weighted by Gasteiger charge is -2.26. The maximum absolute atomic E-state index is 11.4. The SMILES string of the molecule is C=C(OC(C)(C)C)C(N)CCCCNC(=O)OC(C)(C)C. The van der Waals surface area contributed by atoms with Crippen LogP contribution in [0.2, 0.25) is 0 Å². The first-order valence-electron chi connectivity index (χ1n) is 7.51. The summed E-state index contributed by atoms with van der Waals surface area (Å²) in [4.78, 5) is 11.4. The molecule has 0 spiro atoms. The summed E-state index contributed by atoms with van der Waals surface area (Å²) in [6, 6.07) is -0.175. The second-order valence-corrected chi connectivity index (χ2v) is 7.21. The van der Waals surface area contributed by atoms with Crippen molar-refractivity contribution in [2.75, 3.05) is 6.54 Å². The summed E-state index contributed by atoms with van der Waals surface area (Å²) in [6.45, 7) is 15.9. The van der Waals surface area contributed by atoms with Crippen LogP contribution in [-0.2, 0) is 9.47 Å². The zero-order chi connectivity index (χ0) is 16.7. The fourth-order valence-electron chi connectivity index (χ4n) is 1.62. The number of rotatable bonds is 7. The number of unbranched alkanes of at least 4 members (excludes halogenated alkanes) is 1. The minimum absolute atomic E-state index is 0.175. The van der Waals surface area contributed by atoms with Crippen molar-refractivity contribution in [3.05, 3.63) is 12.3 Å². The molecule has 1 amide bonds. The zero-order valence-electron chi connectivity index (χ0n) is 14.4. The average Bonchev–Trinajstić information content (AvgIpc) is 2.23. The highest BCUT2D eigenvalue weighted by Gasteiger charge is 2.17. The van der Waals surface area contributed by atoms with Crippen LogP contribution in [0.25, 0.3) is 0 Å². The Bertz CT molecular complexity index is 340. The maximum atomic E-state index is 11.4. The molecule has 124 valence electrons. The van der Waals surface area contributed by atoms with E-state index in [0.717, 1.165) is 19.3 Å². The van der Waals surface area contributed by atoms with E-state index in [4.69, 9.17) is 15.2 Å². The highest BCUT2D eigenvalue weighted by Crippen LogP contribution is 2.16. The van der Waals surface area contributed by atoms with Crippen LogP contribution in [0.15, 0.2) is 12.3 Å². The molecular weight excluding hydrogens is 268 g/mol. The third-order valence-electron chi connectivity index (χ3n) is 2.46. The van der Waals surface area contributed by atoms with Crippen LogP contribution in [-0.4, -0.2) is 29.9 Å². The molecule has 0 aromatic rings. The molecule has 0 radical (unpaired) electrons. The van der Waals surface area contributed by atoms with Crippen LogP contribution in [0, 0.1) is 0 Å². The molecule has 0 rings (SSSR count). The second kappa shape index (κ2) is 8.27. The number of carbonyl (C=O) groups excluding carboxylic acids is 1. The quantitative estimate of drug-likeness (QED) is 0.558. The molecule has 1 unspecified atom stereocenters. The highest BCUT2D eigenvalue weighted by molar-refractivity contribution is 5.67. The molecule has 0 aromatic heterocycles. The van der Waals surface area contributed by atoms with Gasteiger partial charge in [-0.1, -0.05) is 6.58 Å². The summed E-state index contributed by atoms with van der Waals surface area (Å²) in [5, 5.41) is 2.72. The number of carbonyl (C=O) groups is 1. The second-order valence-electron chi connectivity index (χ2n) is 7.21. The van der Waals surface area contributed by atoms with Gasteiger partial charge < -0.3 is 20.5 Å². The standard InChI is InChI=1S/C16H32N2O3/c1-12(20-15(2,3)4)13(17)10-8-9-11-18-14(19)21-16(5,6)7/h13H,1,8-11,17H2,2-7H3,(H,18,19). The number of amides is 1. The van der Waals surface area contributed by atoms with E-state index in [1.165, 1.54) is 0 Å². The topological polar surface area (TPSA) is 73.6 Å². The van der Waals surface area contributed by atoms with Crippen molar-refractivity contribution >= 4 is 6.09 Å². The summed E-state index contributed by atoms with van der Waals surface area (Å²) >= 11 is 0. The predicted molar refractivity (Wildman–Crippen MR) is 86.0 cm³/mol. The first-order chi connectivity index (χ1) is 9.41. The lowest BCUT2D eigenvalue weighted by molar-refractivity contribution is 0.0424. The van der Waals surface area contributed by atoms with E-state index in [1.54, 1.807) is 0 Å². The van der Waals surface area contributed by atoms with E-state index in [-0.39, 0.29) is 17.7 Å². The Hall–Kier alpha value is -1.23. The molecule has 5 heteroatoms. The number of alkyl carbamates (subject to hydrolysis) is 1. The molecule has 0 saturated carbocycles. The van der Waals surface area contributed by atoms with Crippen molar-refractivity contribution in [2.24, 2.45) is 5.73 Å². The normalized spacial score (nSPS) is 13.5. The number of nitrogens with one attached hydrogen (secondary N) is 1. The summed E-state index contributed by atoms with van der Waals surface area (Å²) in [5.74, 6) is 0.614. The number of hydrogen-bond acceptors (Lipinski definition) is 4. The van der Waals surface area contributed by atoms with Gasteiger partial charge in [-0.25, -0.2) is 4.79 Å². The molecule has 21 heavy (non-hydrogen) atoms. The summed E-state index contributed by atoms with van der Waals surface area (Å²) in [5.41, 5.74) is 5.28. The maximum Gasteiger partial charge on any atom is 0.407 e. The third-order valence-corrected chi connectivity index (χ3v) is 2.46. The fraction of sp³-hybridized carbons (Fsp3) is 0.812. The van der Waals surface area contributed by atoms with E-state index in [1.807, 2.05) is 41.5 Å². The Labute approximate surface area is 129 Å². The molecule has 0 fully saturated rings. The number of hydrogen-bond donors (Lipinski definition) is 2. The van der Waals surface area contributed by atoms with E-state index >= 15 is 0 Å². The Balaban J connectivity index is 3.76. The Kier molecular flexibility index (Phi) is 7.79. The van der Waals surface area contributed by atoms with Crippen LogP contribution in [0.1, 0.15) is 60.8 Å². The monoisotopic (exact) mass is 300 g/mol. The molecule has 0 saturated heterocycles. The van der Waals surface area contributed by atoms with Gasteiger partial charge in [0.2, 0.25) is 0 Å². The molecule has 1 atom stereocenters. The minimum Gasteiger partial charge on any atom is -0.491 e. The van der Waals surface area contributed by atoms with Crippen LogP contribution >= 0.6 is 0 Å². The Morgan fingerprint density at radius 3 is 2.10 bits per heavy atom. The van der Waals surface area contributed by atoms with Crippen LogP contribution < -0.4 is 11.1 Å². The molecule has 0 aliphatic heterocycles. The van der Waals surface area contributed by atoms with Gasteiger partial charge in [0.15, 0.2) is 0 Å². The molecule has 0 aromatic carbocycles. The molecule has 3 N–H and O–H groups in total. The van der Waals surface area contributed by atoms with Gasteiger partial charge in [-0.2, -0.15) is 0 Å². The predicted octanol–water partition coefficient (Wildman–Crippen LogP) is 3.34. The molecular formula is C16H32N2O3. The zero-order valence-corrected chi connectivity index (χ0v) is 14.4. The van der Waals surface area contributed by atoms with Crippen LogP contribution in [0.3, 0.4) is 0 Å². The fourth-order valence-corrected chi connectivity index (χ4v) is 1.62. The van der Waals surface area contributed by atoms with Crippen molar-refractivity contribution in [1.82, 2.24) is 5.32 Å². The number of ether oxygens (including phenoxy) is 2. The smallest absolute Gasteiger partial charge is 0.407 e. The molecule has 0 bridgehead atoms. The average molecular weight is 300 g/mol. The van der Waals surface area contributed by atoms with E-state index in [2.05, 4.69) is 11.9 Å². The van der Waals surface area contributed by atoms with E-state index < -0.39 is 5.60 Å². The first kappa shape index (κ1) is 19.8. The van der Waals surface area contributed by atoms with Gasteiger partial charge in [0.05, 0.1) is 6.04 Å². The Morgan fingerprint density at radius 2 is 1.62 bits per heavy atom. The van der Waals surface area contributed by atoms with Crippen LogP contribution in [0.5, 0.6) is 0 Å². The van der Waals surface area contributed by atoms with Gasteiger partial charge in [0.25, 0.3) is 0 Å². The van der Waals surface area contributed by atoms with Gasteiger partial charge in [0, 0.05) is 6.54 Å². The van der Waals surface area contributed by atoms with Gasteiger partial charge >= 0.3 is 6.09 Å². The molecule has 0 heterocycles. The van der Waals surface area contributed by atoms with E-state index in [0.29, 0.717) is 12.3 Å². The van der Waals surface area contributed by atoms with Crippen molar-refractivity contribution in [2.45, 2.75) is 78.0 Å². The van der Waals surface area contributed by atoms with Crippen molar-refractivity contribution < 1.29 is 14.3 Å². The summed E-state index contributed by atoms with van der Waals surface area (Å²) in [7, 11) is 0. The van der Waals surface area contributed by atoms with Gasteiger partial charge in [-0.05, 0) is 60.8 Å². The van der Waals surface area contributed by atoms with Crippen molar-refractivity contribution in [3.8, 4) is 0 Å². The van der Waals surface area contributed by atoms with Crippen molar-refractivity contribution in [3.63, 3.8) is 0 Å². The first-order valence-corrected chi connectivity index (χ1v) is 7.51. The summed E-state index contributed by atoms with van der Waals surface area (Å²) < 4.78 is 10.8. The Morgan fingerprint density at radius 1 is 1.10 bits per heavy atom. The highest BCUT2D eigenvalue weighted by atomic mass is 16.6.